The number of carbonyl (C=O) groups excluding carboxylic acids is 1. The molecule has 0 rings (SSSR count). The van der Waals surface area contributed by atoms with Gasteiger partial charge in [-0.05, 0) is 27.7 Å². The van der Waals surface area contributed by atoms with Crippen molar-refractivity contribution in [3.05, 3.63) is 0 Å². The van der Waals surface area contributed by atoms with Crippen LogP contribution < -0.4 is 9.44 Å². The van der Waals surface area contributed by atoms with Crippen LogP contribution in [0.4, 0.5) is 4.79 Å². The van der Waals surface area contributed by atoms with Gasteiger partial charge >= 0.3 is 16.3 Å². The fraction of sp³-hybridized carbons (Fsp3) is 0.875. The number of rotatable bonds is 5. The van der Waals surface area contributed by atoms with E-state index in [-0.39, 0.29) is 6.61 Å². The monoisotopic (exact) mass is 254 g/mol. The predicted molar refractivity (Wildman–Crippen MR) is 58.0 cm³/mol. The summed E-state index contributed by atoms with van der Waals surface area (Å²) in [5.41, 5.74) is -1.08. The minimum absolute atomic E-state index is 0.0706. The largest absolute Gasteiger partial charge is 0.449 e. The molecule has 0 aliphatic rings. The molecule has 0 aromatic carbocycles. The zero-order valence-electron chi connectivity index (χ0n) is 9.77. The number of hydrogen-bond acceptors (Lipinski definition) is 5. The number of amides is 1. The maximum absolute atomic E-state index is 11.4. The highest BCUT2D eigenvalue weighted by Crippen LogP contribution is 2.09. The molecule has 96 valence electrons. The topological polar surface area (TPSA) is 105 Å². The van der Waals surface area contributed by atoms with E-state index in [1.165, 1.54) is 20.8 Å². The van der Waals surface area contributed by atoms with Crippen molar-refractivity contribution >= 4 is 16.3 Å². The van der Waals surface area contributed by atoms with E-state index in [1.54, 1.807) is 11.6 Å². The van der Waals surface area contributed by atoms with Gasteiger partial charge in [0.25, 0.3) is 0 Å². The summed E-state index contributed by atoms with van der Waals surface area (Å²) in [4.78, 5) is 10.9. The van der Waals surface area contributed by atoms with Crippen LogP contribution in [0, 0.1) is 0 Å². The predicted octanol–water partition coefficient (Wildman–Crippen LogP) is -0.274. The Bertz CT molecular complexity index is 336. The van der Waals surface area contributed by atoms with E-state index >= 15 is 0 Å². The van der Waals surface area contributed by atoms with Crippen molar-refractivity contribution in [2.24, 2.45) is 0 Å². The number of aliphatic hydroxyl groups is 1. The van der Waals surface area contributed by atoms with E-state index < -0.39 is 27.9 Å². The molecule has 1 atom stereocenters. The van der Waals surface area contributed by atoms with Crippen LogP contribution in [-0.4, -0.2) is 37.9 Å². The maximum Gasteiger partial charge on any atom is 0.421 e. The zero-order valence-corrected chi connectivity index (χ0v) is 10.6. The first-order chi connectivity index (χ1) is 7.10. The molecule has 0 fully saturated rings. The third-order valence-electron chi connectivity index (χ3n) is 1.93. The third-order valence-corrected chi connectivity index (χ3v) is 3.17. The molecule has 0 aliphatic carbocycles. The maximum atomic E-state index is 11.4. The quantitative estimate of drug-likeness (QED) is 0.626. The van der Waals surface area contributed by atoms with Gasteiger partial charge in [-0.1, -0.05) is 0 Å². The van der Waals surface area contributed by atoms with Gasteiger partial charge in [-0.25, -0.2) is 9.52 Å². The fourth-order valence-electron chi connectivity index (χ4n) is 0.727. The molecule has 0 bridgehead atoms. The molecule has 3 N–H and O–H groups in total. The van der Waals surface area contributed by atoms with Crippen molar-refractivity contribution in [2.75, 3.05) is 6.61 Å². The number of nitrogens with one attached hydrogen (secondary N) is 2. The number of aliphatic hydroxyl groups excluding tert-OH is 1. The van der Waals surface area contributed by atoms with Crippen LogP contribution in [0.2, 0.25) is 0 Å². The first-order valence-corrected chi connectivity index (χ1v) is 6.25. The van der Waals surface area contributed by atoms with Gasteiger partial charge in [0.1, 0.15) is 0 Å². The highest BCUT2D eigenvalue weighted by Gasteiger charge is 2.30. The van der Waals surface area contributed by atoms with Crippen molar-refractivity contribution in [3.8, 4) is 0 Å². The van der Waals surface area contributed by atoms with Gasteiger partial charge in [-0.2, -0.15) is 13.1 Å². The summed E-state index contributed by atoms with van der Waals surface area (Å²) in [6.45, 7) is 6.04. The van der Waals surface area contributed by atoms with Gasteiger partial charge in [0.05, 0.1) is 18.2 Å². The Balaban J connectivity index is 4.53. The Kier molecular flexibility index (Phi) is 5.17. The summed E-state index contributed by atoms with van der Waals surface area (Å²) in [5.74, 6) is 0. The minimum atomic E-state index is -4.04. The molecule has 1 unspecified atom stereocenters. The lowest BCUT2D eigenvalue weighted by atomic mass is 10.0. The van der Waals surface area contributed by atoms with Crippen LogP contribution in [0.5, 0.6) is 0 Å². The van der Waals surface area contributed by atoms with Crippen molar-refractivity contribution in [1.82, 2.24) is 9.44 Å². The first kappa shape index (κ1) is 15.1. The van der Waals surface area contributed by atoms with Crippen molar-refractivity contribution in [2.45, 2.75) is 39.3 Å². The average Bonchev–Trinajstić information content (AvgIpc) is 1.99. The van der Waals surface area contributed by atoms with Gasteiger partial charge < -0.3 is 9.84 Å². The Labute approximate surface area is 95.4 Å². The van der Waals surface area contributed by atoms with E-state index in [1.807, 2.05) is 0 Å². The molecule has 0 aliphatic heterocycles. The van der Waals surface area contributed by atoms with Crippen molar-refractivity contribution in [3.63, 3.8) is 0 Å². The molecule has 0 heterocycles. The SMILES string of the molecule is CCOC(=O)NS(=O)(=O)NC(C)(C)C(C)O. The summed E-state index contributed by atoms with van der Waals surface area (Å²) in [5, 5.41) is 9.31. The van der Waals surface area contributed by atoms with Gasteiger partial charge in [-0.15, -0.1) is 0 Å². The lowest BCUT2D eigenvalue weighted by Gasteiger charge is -2.28. The van der Waals surface area contributed by atoms with Gasteiger partial charge in [-0.3, -0.25) is 0 Å². The van der Waals surface area contributed by atoms with E-state index in [9.17, 15) is 18.3 Å². The number of hydrogen-bond donors (Lipinski definition) is 3. The molecule has 0 aromatic heterocycles. The van der Waals surface area contributed by atoms with Crippen LogP contribution in [0.15, 0.2) is 0 Å². The summed E-state index contributed by atoms with van der Waals surface area (Å²) < 4.78 is 31.0. The van der Waals surface area contributed by atoms with Gasteiger partial charge in [0.15, 0.2) is 0 Å². The van der Waals surface area contributed by atoms with Gasteiger partial charge in [0, 0.05) is 0 Å². The normalized spacial score (nSPS) is 14.3. The van der Waals surface area contributed by atoms with Crippen LogP contribution in [0.1, 0.15) is 27.7 Å². The van der Waals surface area contributed by atoms with E-state index in [2.05, 4.69) is 9.46 Å². The second kappa shape index (κ2) is 5.46. The number of carbonyl (C=O) groups is 1. The van der Waals surface area contributed by atoms with Gasteiger partial charge in [0.2, 0.25) is 0 Å². The molecule has 16 heavy (non-hydrogen) atoms. The third kappa shape index (κ3) is 5.29. The Morgan fingerprint density at radius 3 is 2.38 bits per heavy atom. The van der Waals surface area contributed by atoms with E-state index in [4.69, 9.17) is 0 Å². The molecule has 8 heteroatoms. The lowest BCUT2D eigenvalue weighted by Crippen LogP contribution is -2.55. The molecule has 0 radical (unpaired) electrons. The molecule has 0 saturated heterocycles. The lowest BCUT2D eigenvalue weighted by molar-refractivity contribution is 0.111. The fourth-order valence-corrected chi connectivity index (χ4v) is 1.92. The molecular formula is C8H18N2O5S. The highest BCUT2D eigenvalue weighted by molar-refractivity contribution is 7.88. The van der Waals surface area contributed by atoms with E-state index in [0.29, 0.717) is 0 Å². The molecule has 0 aromatic rings. The summed E-state index contributed by atoms with van der Waals surface area (Å²) in [7, 11) is -4.04. The molecule has 0 spiro atoms. The minimum Gasteiger partial charge on any atom is -0.449 e. The van der Waals surface area contributed by atoms with Crippen molar-refractivity contribution in [1.29, 1.82) is 0 Å². The Morgan fingerprint density at radius 2 is 2.00 bits per heavy atom. The second-order valence-corrected chi connectivity index (χ2v) is 5.24. The molecular weight excluding hydrogens is 236 g/mol. The number of ether oxygens (including phenoxy) is 1. The smallest absolute Gasteiger partial charge is 0.421 e. The standard InChI is InChI=1S/C8H18N2O5S/c1-5-15-7(12)9-16(13,14)10-8(3,4)6(2)11/h6,10-11H,5H2,1-4H3,(H,9,12). The highest BCUT2D eigenvalue weighted by atomic mass is 32.2. The zero-order chi connectivity index (χ0) is 13.0. The van der Waals surface area contributed by atoms with Crippen LogP contribution in [0.25, 0.3) is 0 Å². The first-order valence-electron chi connectivity index (χ1n) is 4.77. The molecule has 1 amide bonds. The second-order valence-electron chi connectivity index (χ2n) is 3.83. The van der Waals surface area contributed by atoms with Crippen molar-refractivity contribution < 1.29 is 23.1 Å². The Morgan fingerprint density at radius 1 is 1.50 bits per heavy atom. The Hall–Kier alpha value is -0.860. The van der Waals surface area contributed by atoms with Crippen LogP contribution in [0.3, 0.4) is 0 Å². The van der Waals surface area contributed by atoms with Crippen LogP contribution >= 0.6 is 0 Å². The summed E-state index contributed by atoms with van der Waals surface area (Å²) in [6.07, 6.45) is -1.97. The molecule has 0 saturated carbocycles. The molecule has 7 nitrogen and oxygen atoms in total. The summed E-state index contributed by atoms with van der Waals surface area (Å²) >= 11 is 0. The summed E-state index contributed by atoms with van der Waals surface area (Å²) in [6, 6.07) is 0. The van der Waals surface area contributed by atoms with E-state index in [0.717, 1.165) is 0 Å². The van der Waals surface area contributed by atoms with Crippen LogP contribution in [-0.2, 0) is 14.9 Å². The average molecular weight is 254 g/mol.